The molecule has 0 aromatic rings. The summed E-state index contributed by atoms with van der Waals surface area (Å²) in [6.07, 6.45) is 8.50. The first kappa shape index (κ1) is 12.8. The second kappa shape index (κ2) is 5.36. The van der Waals surface area contributed by atoms with Gasteiger partial charge in [-0.2, -0.15) is 0 Å². The summed E-state index contributed by atoms with van der Waals surface area (Å²) in [5.74, 6) is -1.06. The van der Waals surface area contributed by atoms with Gasteiger partial charge in [0.1, 0.15) is 0 Å². The topological polar surface area (TPSA) is 60.8 Å². The van der Waals surface area contributed by atoms with E-state index in [1.54, 1.807) is 0 Å². The molecule has 2 rings (SSSR count). The predicted molar refractivity (Wildman–Crippen MR) is 64.9 cm³/mol. The van der Waals surface area contributed by atoms with Crippen LogP contribution in [0.4, 0.5) is 0 Å². The number of carbonyl (C=O) groups is 1. The first-order chi connectivity index (χ1) is 8.12. The quantitative estimate of drug-likeness (QED) is 0.721. The molecule has 0 atom stereocenters. The summed E-state index contributed by atoms with van der Waals surface area (Å²) < 4.78 is 0. The Morgan fingerprint density at radius 2 is 1.59 bits per heavy atom. The number of rotatable bonds is 2. The third-order valence-corrected chi connectivity index (χ3v) is 4.36. The molecule has 1 heterocycles. The highest BCUT2D eigenvalue weighted by molar-refractivity contribution is 5.77. The van der Waals surface area contributed by atoms with E-state index in [9.17, 15) is 9.90 Å². The van der Waals surface area contributed by atoms with Crippen molar-refractivity contribution in [2.45, 2.75) is 63.0 Å². The number of likely N-dealkylation sites (tertiary alicyclic amines) is 1. The first-order valence-electron chi connectivity index (χ1n) is 6.82. The van der Waals surface area contributed by atoms with Crippen LogP contribution in [0.1, 0.15) is 51.4 Å². The summed E-state index contributed by atoms with van der Waals surface area (Å²) in [5.41, 5.74) is -1.47. The van der Waals surface area contributed by atoms with Crippen molar-refractivity contribution in [3.63, 3.8) is 0 Å². The van der Waals surface area contributed by atoms with Crippen LogP contribution in [-0.2, 0) is 4.79 Å². The van der Waals surface area contributed by atoms with Gasteiger partial charge >= 0.3 is 5.97 Å². The lowest BCUT2D eigenvalue weighted by Gasteiger charge is -2.39. The smallest absolute Gasteiger partial charge is 0.335 e. The van der Waals surface area contributed by atoms with Gasteiger partial charge in [0, 0.05) is 19.1 Å². The van der Waals surface area contributed by atoms with Crippen molar-refractivity contribution < 1.29 is 15.0 Å². The molecule has 0 bridgehead atoms. The van der Waals surface area contributed by atoms with E-state index in [1.165, 1.54) is 38.5 Å². The number of nitrogens with zero attached hydrogens (tertiary/aromatic N) is 1. The summed E-state index contributed by atoms with van der Waals surface area (Å²) in [4.78, 5) is 13.3. The number of hydrogen-bond donors (Lipinski definition) is 2. The molecule has 0 spiro atoms. The zero-order valence-corrected chi connectivity index (χ0v) is 10.4. The van der Waals surface area contributed by atoms with Crippen LogP contribution in [0.15, 0.2) is 0 Å². The molecule has 0 unspecified atom stereocenters. The largest absolute Gasteiger partial charge is 0.479 e. The second-order valence-corrected chi connectivity index (χ2v) is 5.52. The molecule has 1 saturated carbocycles. The fourth-order valence-electron chi connectivity index (χ4n) is 3.10. The van der Waals surface area contributed by atoms with Crippen LogP contribution in [0.2, 0.25) is 0 Å². The number of piperidine rings is 1. The van der Waals surface area contributed by atoms with Crippen LogP contribution in [0.3, 0.4) is 0 Å². The maximum atomic E-state index is 10.9. The summed E-state index contributed by atoms with van der Waals surface area (Å²) in [6, 6.07) is 0.621. The molecular formula is C13H23NO3. The van der Waals surface area contributed by atoms with Crippen molar-refractivity contribution in [2.75, 3.05) is 13.1 Å². The Bertz CT molecular complexity index is 264. The van der Waals surface area contributed by atoms with Crippen LogP contribution in [0.5, 0.6) is 0 Å². The molecule has 0 aromatic carbocycles. The van der Waals surface area contributed by atoms with Gasteiger partial charge in [-0.05, 0) is 25.7 Å². The van der Waals surface area contributed by atoms with E-state index in [2.05, 4.69) is 4.90 Å². The van der Waals surface area contributed by atoms with E-state index < -0.39 is 11.6 Å². The van der Waals surface area contributed by atoms with Gasteiger partial charge in [-0.1, -0.05) is 25.7 Å². The van der Waals surface area contributed by atoms with Gasteiger partial charge in [0.2, 0.25) is 0 Å². The second-order valence-electron chi connectivity index (χ2n) is 5.52. The van der Waals surface area contributed by atoms with Crippen LogP contribution < -0.4 is 0 Å². The molecule has 98 valence electrons. The minimum Gasteiger partial charge on any atom is -0.479 e. The standard InChI is InChI=1S/C13H23NO3/c15-12(16)13(17)7-9-14(10-8-13)11-5-3-1-2-4-6-11/h11,17H,1-10H2,(H,15,16). The average Bonchev–Trinajstić information content (AvgIpc) is 2.58. The molecule has 0 amide bonds. The zero-order chi connectivity index (χ0) is 12.3. The van der Waals surface area contributed by atoms with Crippen molar-refractivity contribution in [3.05, 3.63) is 0 Å². The molecule has 1 saturated heterocycles. The zero-order valence-electron chi connectivity index (χ0n) is 10.4. The number of aliphatic hydroxyl groups is 1. The molecule has 0 aromatic heterocycles. The van der Waals surface area contributed by atoms with Crippen molar-refractivity contribution >= 4 is 5.97 Å². The fourth-order valence-corrected chi connectivity index (χ4v) is 3.10. The number of carboxylic acids is 1. The van der Waals surface area contributed by atoms with Crippen molar-refractivity contribution in [2.24, 2.45) is 0 Å². The number of carboxylic acid groups (broad SMARTS) is 1. The monoisotopic (exact) mass is 241 g/mol. The highest BCUT2D eigenvalue weighted by atomic mass is 16.4. The minimum atomic E-state index is -1.47. The number of hydrogen-bond acceptors (Lipinski definition) is 3. The Labute approximate surface area is 103 Å². The minimum absolute atomic E-state index is 0.374. The van der Waals surface area contributed by atoms with Gasteiger partial charge in [-0.3, -0.25) is 0 Å². The van der Waals surface area contributed by atoms with E-state index in [0.29, 0.717) is 18.9 Å². The van der Waals surface area contributed by atoms with Gasteiger partial charge < -0.3 is 15.1 Å². The lowest BCUT2D eigenvalue weighted by molar-refractivity contribution is -0.164. The molecule has 0 radical (unpaired) electrons. The third kappa shape index (κ3) is 2.99. The molecule has 1 aliphatic carbocycles. The maximum absolute atomic E-state index is 10.9. The Balaban J connectivity index is 1.87. The fraction of sp³-hybridized carbons (Fsp3) is 0.923. The van der Waals surface area contributed by atoms with E-state index >= 15 is 0 Å². The van der Waals surface area contributed by atoms with E-state index in [1.807, 2.05) is 0 Å². The molecule has 4 heteroatoms. The van der Waals surface area contributed by atoms with Gasteiger partial charge in [0.05, 0.1) is 0 Å². The van der Waals surface area contributed by atoms with Crippen molar-refractivity contribution in [1.82, 2.24) is 4.90 Å². The predicted octanol–water partition coefficient (Wildman–Crippen LogP) is 1.62. The molecule has 4 nitrogen and oxygen atoms in total. The molecule has 2 fully saturated rings. The van der Waals surface area contributed by atoms with E-state index in [0.717, 1.165) is 13.1 Å². The normalized spacial score (nSPS) is 27.6. The molecule has 2 N–H and O–H groups in total. The molecular weight excluding hydrogens is 218 g/mol. The Hall–Kier alpha value is -0.610. The highest BCUT2D eigenvalue weighted by Crippen LogP contribution is 2.28. The molecule has 1 aliphatic heterocycles. The van der Waals surface area contributed by atoms with Crippen LogP contribution in [-0.4, -0.2) is 45.8 Å². The summed E-state index contributed by atoms with van der Waals surface area (Å²) >= 11 is 0. The number of aliphatic carboxylic acids is 1. The Morgan fingerprint density at radius 3 is 2.06 bits per heavy atom. The third-order valence-electron chi connectivity index (χ3n) is 4.36. The molecule has 17 heavy (non-hydrogen) atoms. The van der Waals surface area contributed by atoms with Gasteiger partial charge in [-0.25, -0.2) is 4.79 Å². The summed E-state index contributed by atoms with van der Waals surface area (Å²) in [6.45, 7) is 1.46. The Morgan fingerprint density at radius 1 is 1.06 bits per heavy atom. The lowest BCUT2D eigenvalue weighted by atomic mass is 9.90. The van der Waals surface area contributed by atoms with E-state index in [-0.39, 0.29) is 0 Å². The summed E-state index contributed by atoms with van der Waals surface area (Å²) in [5, 5.41) is 18.9. The van der Waals surface area contributed by atoms with Crippen LogP contribution >= 0.6 is 0 Å². The lowest BCUT2D eigenvalue weighted by Crippen LogP contribution is -2.51. The van der Waals surface area contributed by atoms with Gasteiger partial charge in [0.25, 0.3) is 0 Å². The van der Waals surface area contributed by atoms with Gasteiger partial charge in [-0.15, -0.1) is 0 Å². The molecule has 2 aliphatic rings. The highest BCUT2D eigenvalue weighted by Gasteiger charge is 2.40. The first-order valence-corrected chi connectivity index (χ1v) is 6.82. The Kier molecular flexibility index (Phi) is 4.05. The van der Waals surface area contributed by atoms with Crippen molar-refractivity contribution in [1.29, 1.82) is 0 Å². The SMILES string of the molecule is O=C(O)C1(O)CCN(C2CCCCCC2)CC1. The van der Waals surface area contributed by atoms with Gasteiger partial charge in [0.15, 0.2) is 5.60 Å². The summed E-state index contributed by atoms with van der Waals surface area (Å²) in [7, 11) is 0. The average molecular weight is 241 g/mol. The van der Waals surface area contributed by atoms with Crippen LogP contribution in [0, 0.1) is 0 Å². The van der Waals surface area contributed by atoms with Crippen LogP contribution in [0.25, 0.3) is 0 Å². The maximum Gasteiger partial charge on any atom is 0.335 e. The van der Waals surface area contributed by atoms with Crippen molar-refractivity contribution in [3.8, 4) is 0 Å². The van der Waals surface area contributed by atoms with E-state index in [4.69, 9.17) is 5.11 Å².